The zero-order valence-corrected chi connectivity index (χ0v) is 21.7. The first kappa shape index (κ1) is 25.8. The van der Waals surface area contributed by atoms with Crippen LogP contribution in [0.3, 0.4) is 0 Å². The summed E-state index contributed by atoms with van der Waals surface area (Å²) in [5, 5.41) is 11.3. The molecule has 1 atom stereocenters. The molecular weight excluding hydrogens is 502 g/mol. The number of aromatic carboxylic acids is 1. The van der Waals surface area contributed by atoms with E-state index >= 15 is 0 Å². The molecule has 1 N–H and O–H groups in total. The highest BCUT2D eigenvalue weighted by atomic mass is 35.5. The highest BCUT2D eigenvalue weighted by Gasteiger charge is 2.25. The van der Waals surface area contributed by atoms with Gasteiger partial charge in [0.15, 0.2) is 0 Å². The predicted octanol–water partition coefficient (Wildman–Crippen LogP) is 7.31. The maximum Gasteiger partial charge on any atom is 0.339 e. The van der Waals surface area contributed by atoms with Crippen molar-refractivity contribution in [1.82, 2.24) is 4.98 Å². The smallest absolute Gasteiger partial charge is 0.339 e. The molecule has 7 heteroatoms. The van der Waals surface area contributed by atoms with Crippen LogP contribution in [0.25, 0.3) is 23.1 Å². The number of pyridine rings is 1. The molecule has 1 fully saturated rings. The Labute approximate surface area is 226 Å². The van der Waals surface area contributed by atoms with E-state index in [9.17, 15) is 9.90 Å². The quantitative estimate of drug-likeness (QED) is 0.219. The van der Waals surface area contributed by atoms with Gasteiger partial charge in [-0.1, -0.05) is 48.0 Å². The molecule has 1 aromatic heterocycles. The lowest BCUT2D eigenvalue weighted by Gasteiger charge is -2.20. The van der Waals surface area contributed by atoms with E-state index in [2.05, 4.69) is 11.1 Å². The fourth-order valence-corrected chi connectivity index (χ4v) is 4.28. The van der Waals surface area contributed by atoms with E-state index in [4.69, 9.17) is 25.8 Å². The van der Waals surface area contributed by atoms with E-state index in [-0.39, 0.29) is 24.0 Å². The monoisotopic (exact) mass is 529 g/mol. The second kappa shape index (κ2) is 11.7. The van der Waals surface area contributed by atoms with Crippen LogP contribution in [-0.4, -0.2) is 36.4 Å². The molecule has 6 nitrogen and oxygen atoms in total. The number of benzene rings is 3. The third-order valence-electron chi connectivity index (χ3n) is 6.44. The van der Waals surface area contributed by atoms with Gasteiger partial charge in [-0.2, -0.15) is 0 Å². The number of ether oxygens (including phenoxy) is 3. The molecule has 3 aromatic carbocycles. The molecule has 38 heavy (non-hydrogen) atoms. The Morgan fingerprint density at radius 1 is 1.08 bits per heavy atom. The molecule has 0 spiro atoms. The van der Waals surface area contributed by atoms with Crippen molar-refractivity contribution in [1.29, 1.82) is 0 Å². The maximum atomic E-state index is 11.8. The summed E-state index contributed by atoms with van der Waals surface area (Å²) in [7, 11) is 1.50. The second-order valence-corrected chi connectivity index (χ2v) is 9.76. The summed E-state index contributed by atoms with van der Waals surface area (Å²) in [5.74, 6) is 0.228. The van der Waals surface area contributed by atoms with E-state index < -0.39 is 5.97 Å². The molecule has 1 saturated carbocycles. The summed E-state index contributed by atoms with van der Waals surface area (Å²) in [4.78, 5) is 16.5. The van der Waals surface area contributed by atoms with E-state index in [1.165, 1.54) is 26.0 Å². The average molecular weight is 530 g/mol. The molecule has 194 valence electrons. The lowest BCUT2D eigenvalue weighted by atomic mass is 10.1. The predicted molar refractivity (Wildman–Crippen MR) is 149 cm³/mol. The van der Waals surface area contributed by atoms with Gasteiger partial charge in [0.25, 0.3) is 0 Å². The topological polar surface area (TPSA) is 77.9 Å². The first-order valence-electron chi connectivity index (χ1n) is 12.5. The van der Waals surface area contributed by atoms with Gasteiger partial charge in [-0.05, 0) is 78.4 Å². The number of hydrogen-bond donors (Lipinski definition) is 1. The second-order valence-electron chi connectivity index (χ2n) is 9.32. The normalized spacial score (nSPS) is 14.1. The highest BCUT2D eigenvalue weighted by molar-refractivity contribution is 6.31. The average Bonchev–Trinajstić information content (AvgIpc) is 3.76. The van der Waals surface area contributed by atoms with Crippen molar-refractivity contribution in [3.05, 3.63) is 100 Å². The van der Waals surface area contributed by atoms with Crippen LogP contribution < -0.4 is 9.47 Å². The van der Waals surface area contributed by atoms with E-state index in [1.54, 1.807) is 12.1 Å². The summed E-state index contributed by atoms with van der Waals surface area (Å²) in [6, 6.07) is 22.5. The molecule has 1 aliphatic rings. The molecule has 0 amide bonds. The third-order valence-corrected chi connectivity index (χ3v) is 6.68. The zero-order chi connectivity index (χ0) is 26.5. The maximum absolute atomic E-state index is 11.8. The fourth-order valence-electron chi connectivity index (χ4n) is 4.12. The summed E-state index contributed by atoms with van der Waals surface area (Å²) in [5.41, 5.74) is 3.67. The van der Waals surface area contributed by atoms with Crippen molar-refractivity contribution in [3.8, 4) is 11.5 Å². The number of carbonyl (C=O) groups is 1. The fraction of sp³-hybridized carbons (Fsp3) is 0.226. The van der Waals surface area contributed by atoms with Crippen LogP contribution in [0, 0.1) is 5.92 Å². The number of rotatable bonds is 11. The van der Waals surface area contributed by atoms with Gasteiger partial charge in [0.05, 0.1) is 24.9 Å². The van der Waals surface area contributed by atoms with Crippen LogP contribution in [0.2, 0.25) is 5.02 Å². The Hall–Kier alpha value is -3.87. The van der Waals surface area contributed by atoms with Gasteiger partial charge in [0, 0.05) is 10.4 Å². The SMILES string of the molecule is COc1ccc(OCC(OCC2CC2)c2cccc(/C=C/c3ccc4ccc(Cl)cc4n3)c2)c(C(=O)O)c1. The molecular formula is C31H28ClNO5. The van der Waals surface area contributed by atoms with Crippen LogP contribution in [0.1, 0.15) is 46.1 Å². The van der Waals surface area contributed by atoms with Gasteiger partial charge >= 0.3 is 5.97 Å². The van der Waals surface area contributed by atoms with Crippen molar-refractivity contribution in [2.45, 2.75) is 18.9 Å². The lowest BCUT2D eigenvalue weighted by molar-refractivity contribution is 0.0128. The highest BCUT2D eigenvalue weighted by Crippen LogP contribution is 2.32. The first-order chi connectivity index (χ1) is 18.5. The Kier molecular flexibility index (Phi) is 7.91. The summed E-state index contributed by atoms with van der Waals surface area (Å²) in [6.07, 6.45) is 5.96. The summed E-state index contributed by atoms with van der Waals surface area (Å²) >= 11 is 6.13. The first-order valence-corrected chi connectivity index (χ1v) is 12.9. The number of methoxy groups -OCH3 is 1. The molecule has 4 aromatic rings. The molecule has 5 rings (SSSR count). The Bertz CT molecular complexity index is 1480. The van der Waals surface area contributed by atoms with Crippen LogP contribution in [0.4, 0.5) is 0 Å². The number of carboxylic acids is 1. The Morgan fingerprint density at radius 2 is 1.92 bits per heavy atom. The van der Waals surface area contributed by atoms with Gasteiger partial charge in [0.1, 0.15) is 29.8 Å². The van der Waals surface area contributed by atoms with Crippen LogP contribution >= 0.6 is 11.6 Å². The Balaban J connectivity index is 1.34. The molecule has 0 aliphatic heterocycles. The van der Waals surface area contributed by atoms with Crippen molar-refractivity contribution < 1.29 is 24.1 Å². The zero-order valence-electron chi connectivity index (χ0n) is 21.0. The molecule has 1 heterocycles. The minimum atomic E-state index is -1.08. The van der Waals surface area contributed by atoms with E-state index in [1.807, 2.05) is 60.7 Å². The number of aromatic nitrogens is 1. The molecule has 0 bridgehead atoms. The largest absolute Gasteiger partial charge is 0.497 e. The number of nitrogens with zero attached hydrogens (tertiary/aromatic N) is 1. The molecule has 1 aliphatic carbocycles. The Morgan fingerprint density at radius 3 is 2.71 bits per heavy atom. The summed E-state index contributed by atoms with van der Waals surface area (Å²) < 4.78 is 17.4. The minimum Gasteiger partial charge on any atom is -0.497 e. The van der Waals surface area contributed by atoms with E-state index in [0.717, 1.165) is 27.7 Å². The summed E-state index contributed by atoms with van der Waals surface area (Å²) in [6.45, 7) is 0.825. The van der Waals surface area contributed by atoms with Crippen molar-refractivity contribution in [2.24, 2.45) is 5.92 Å². The number of halogens is 1. The standard InChI is InChI=1S/C31H28ClNO5/c1-36-26-13-14-29(27(17-26)31(34)35)38-19-30(37-18-21-5-6-21)23-4-2-3-20(15-23)7-11-25-12-9-22-8-10-24(32)16-28(22)33-25/h2-4,7-17,21,30H,5-6,18-19H2,1H3,(H,34,35)/b11-7+. The van der Waals surface area contributed by atoms with Gasteiger partial charge in [-0.25, -0.2) is 9.78 Å². The van der Waals surface area contributed by atoms with Gasteiger partial charge in [0.2, 0.25) is 0 Å². The number of carboxylic acid groups (broad SMARTS) is 1. The van der Waals surface area contributed by atoms with E-state index in [0.29, 0.717) is 23.3 Å². The molecule has 1 unspecified atom stereocenters. The van der Waals surface area contributed by atoms with Crippen LogP contribution in [0.15, 0.2) is 72.8 Å². The van der Waals surface area contributed by atoms with Crippen molar-refractivity contribution in [3.63, 3.8) is 0 Å². The van der Waals surface area contributed by atoms with Gasteiger partial charge < -0.3 is 19.3 Å². The molecule has 0 saturated heterocycles. The van der Waals surface area contributed by atoms with Crippen molar-refractivity contribution in [2.75, 3.05) is 20.3 Å². The number of hydrogen-bond acceptors (Lipinski definition) is 5. The van der Waals surface area contributed by atoms with Gasteiger partial charge in [-0.3, -0.25) is 0 Å². The minimum absolute atomic E-state index is 0.0474. The van der Waals surface area contributed by atoms with Crippen LogP contribution in [0.5, 0.6) is 11.5 Å². The van der Waals surface area contributed by atoms with Gasteiger partial charge in [-0.15, -0.1) is 0 Å². The lowest BCUT2D eigenvalue weighted by Crippen LogP contribution is -2.16. The molecule has 0 radical (unpaired) electrons. The van der Waals surface area contributed by atoms with Crippen LogP contribution in [-0.2, 0) is 4.74 Å². The third kappa shape index (κ3) is 6.52. The number of fused-ring (bicyclic) bond motifs is 1. The van der Waals surface area contributed by atoms with Crippen molar-refractivity contribution >= 4 is 40.6 Å².